The predicted octanol–water partition coefficient (Wildman–Crippen LogP) is 3.03. The van der Waals surface area contributed by atoms with Crippen LogP contribution in [0.3, 0.4) is 0 Å². The average Bonchev–Trinajstić information content (AvgIpc) is 3.03. The Morgan fingerprint density at radius 3 is 2.57 bits per heavy atom. The topological polar surface area (TPSA) is 77.7 Å². The molecule has 0 atom stereocenters. The monoisotopic (exact) mass is 418 g/mol. The number of methoxy groups -OCH3 is 1. The number of carbonyl (C=O) groups excluding carboxylic acids is 1. The van der Waals surface area contributed by atoms with Crippen LogP contribution in [0.15, 0.2) is 64.5 Å². The molecule has 3 aromatic rings. The van der Waals surface area contributed by atoms with Crippen molar-refractivity contribution in [1.82, 2.24) is 4.57 Å². The first kappa shape index (κ1) is 20.4. The number of sulfone groups is 1. The number of fused-ring (bicyclic) bond motifs is 1. The van der Waals surface area contributed by atoms with Crippen molar-refractivity contribution in [3.63, 3.8) is 0 Å². The number of hydrogen-bond acceptors (Lipinski definition) is 5. The second-order valence-electron chi connectivity index (χ2n) is 6.24. The zero-order valence-electron chi connectivity index (χ0n) is 15.6. The Hall–Kier alpha value is -2.29. The van der Waals surface area contributed by atoms with Crippen LogP contribution in [0, 0.1) is 0 Å². The number of benzene rings is 2. The van der Waals surface area contributed by atoms with E-state index in [1.165, 1.54) is 11.3 Å². The fraction of sp³-hybridized carbons (Fsp3) is 0.300. The van der Waals surface area contributed by atoms with Gasteiger partial charge in [0.05, 0.1) is 27.5 Å². The molecule has 0 bridgehead atoms. The van der Waals surface area contributed by atoms with Crippen LogP contribution in [0.25, 0.3) is 10.2 Å². The zero-order valence-corrected chi connectivity index (χ0v) is 17.2. The molecule has 0 spiro atoms. The molecule has 0 unspecified atom stereocenters. The molecule has 3 rings (SSSR count). The molecule has 8 heteroatoms. The zero-order chi connectivity index (χ0) is 20.0. The highest BCUT2D eigenvalue weighted by molar-refractivity contribution is 7.91. The van der Waals surface area contributed by atoms with Crippen LogP contribution in [0.1, 0.15) is 12.8 Å². The first-order chi connectivity index (χ1) is 13.5. The molecule has 0 N–H and O–H groups in total. The highest BCUT2D eigenvalue weighted by Crippen LogP contribution is 2.17. The van der Waals surface area contributed by atoms with Gasteiger partial charge in [0.2, 0.25) is 5.91 Å². The van der Waals surface area contributed by atoms with Crippen molar-refractivity contribution in [1.29, 1.82) is 0 Å². The van der Waals surface area contributed by atoms with E-state index >= 15 is 0 Å². The molecule has 1 amide bonds. The molecule has 0 radical (unpaired) electrons. The van der Waals surface area contributed by atoms with Crippen molar-refractivity contribution in [2.45, 2.75) is 24.3 Å². The van der Waals surface area contributed by atoms with Crippen LogP contribution >= 0.6 is 11.3 Å². The van der Waals surface area contributed by atoms with Gasteiger partial charge >= 0.3 is 0 Å². The van der Waals surface area contributed by atoms with Crippen molar-refractivity contribution in [3.05, 3.63) is 59.4 Å². The third-order valence-electron chi connectivity index (χ3n) is 4.23. The van der Waals surface area contributed by atoms with Crippen molar-refractivity contribution < 1.29 is 17.9 Å². The van der Waals surface area contributed by atoms with Crippen LogP contribution in [0.2, 0.25) is 0 Å². The maximum atomic E-state index is 12.3. The number of nitrogens with zero attached hydrogens (tertiary/aromatic N) is 2. The number of amides is 1. The molecule has 1 heterocycles. The number of hydrogen-bond donors (Lipinski definition) is 0. The second-order valence-corrected chi connectivity index (χ2v) is 9.36. The summed E-state index contributed by atoms with van der Waals surface area (Å²) in [5, 5.41) is 0. The van der Waals surface area contributed by atoms with E-state index in [0.717, 1.165) is 10.2 Å². The van der Waals surface area contributed by atoms with E-state index in [4.69, 9.17) is 4.74 Å². The van der Waals surface area contributed by atoms with Crippen molar-refractivity contribution >= 4 is 37.3 Å². The molecule has 0 saturated heterocycles. The number of aromatic nitrogens is 1. The molecular weight excluding hydrogens is 396 g/mol. The van der Waals surface area contributed by atoms with E-state index in [1.807, 2.05) is 28.8 Å². The number of rotatable bonds is 8. The summed E-state index contributed by atoms with van der Waals surface area (Å²) in [5.41, 5.74) is 1.00. The van der Waals surface area contributed by atoms with Crippen LogP contribution < -0.4 is 4.80 Å². The Kier molecular flexibility index (Phi) is 6.77. The maximum Gasteiger partial charge on any atom is 0.248 e. The smallest absolute Gasteiger partial charge is 0.248 e. The lowest BCUT2D eigenvalue weighted by atomic mass is 10.3. The molecule has 0 aliphatic heterocycles. The molecule has 0 saturated carbocycles. The van der Waals surface area contributed by atoms with Gasteiger partial charge in [-0.3, -0.25) is 4.79 Å². The largest absolute Gasteiger partial charge is 0.383 e. The van der Waals surface area contributed by atoms with Crippen molar-refractivity contribution in [2.75, 3.05) is 19.5 Å². The summed E-state index contributed by atoms with van der Waals surface area (Å²) < 4.78 is 32.8. The van der Waals surface area contributed by atoms with Gasteiger partial charge in [-0.15, -0.1) is 0 Å². The molecule has 28 heavy (non-hydrogen) atoms. The van der Waals surface area contributed by atoms with E-state index in [-0.39, 0.29) is 29.4 Å². The van der Waals surface area contributed by atoms with E-state index in [9.17, 15) is 13.2 Å². The van der Waals surface area contributed by atoms with E-state index in [2.05, 4.69) is 4.99 Å². The Morgan fingerprint density at radius 1 is 1.11 bits per heavy atom. The minimum absolute atomic E-state index is 0.0750. The van der Waals surface area contributed by atoms with Gasteiger partial charge in [-0.25, -0.2) is 8.42 Å². The average molecular weight is 419 g/mol. The van der Waals surface area contributed by atoms with Gasteiger partial charge < -0.3 is 9.30 Å². The van der Waals surface area contributed by atoms with Gasteiger partial charge in [0.25, 0.3) is 0 Å². The highest BCUT2D eigenvalue weighted by atomic mass is 32.2. The minimum Gasteiger partial charge on any atom is -0.383 e. The van der Waals surface area contributed by atoms with Crippen LogP contribution in [-0.2, 0) is 25.9 Å². The van der Waals surface area contributed by atoms with Crippen molar-refractivity contribution in [2.24, 2.45) is 4.99 Å². The summed E-state index contributed by atoms with van der Waals surface area (Å²) in [6, 6.07) is 16.1. The Bertz CT molecular complexity index is 1120. The molecule has 0 fully saturated rings. The predicted molar refractivity (Wildman–Crippen MR) is 110 cm³/mol. The summed E-state index contributed by atoms with van der Waals surface area (Å²) in [5.74, 6) is -0.394. The number of thiazole rings is 1. The fourth-order valence-corrected chi connectivity index (χ4v) is 5.23. The fourth-order valence-electron chi connectivity index (χ4n) is 2.83. The summed E-state index contributed by atoms with van der Waals surface area (Å²) in [6.07, 6.45) is 0.327. The Labute approximate surface area is 168 Å². The summed E-state index contributed by atoms with van der Waals surface area (Å²) >= 11 is 1.44. The number of para-hydroxylation sites is 1. The summed E-state index contributed by atoms with van der Waals surface area (Å²) in [4.78, 5) is 17.5. The van der Waals surface area contributed by atoms with Gasteiger partial charge in [0.1, 0.15) is 0 Å². The van der Waals surface area contributed by atoms with Crippen LogP contribution in [0.4, 0.5) is 0 Å². The highest BCUT2D eigenvalue weighted by Gasteiger charge is 2.14. The molecule has 0 aliphatic carbocycles. The number of carbonyl (C=O) groups is 1. The summed E-state index contributed by atoms with van der Waals surface area (Å²) in [7, 11) is -1.75. The van der Waals surface area contributed by atoms with Gasteiger partial charge in [0, 0.05) is 20.1 Å². The lowest BCUT2D eigenvalue weighted by molar-refractivity contribution is -0.118. The van der Waals surface area contributed by atoms with E-state index in [0.29, 0.717) is 18.0 Å². The molecular formula is C20H22N2O4S2. The minimum atomic E-state index is -3.38. The standard InChI is InChI=1S/C20H22N2O4S2/c1-26-14-13-22-17-10-5-6-11-18(17)27-20(22)21-19(23)12-7-15-28(24,25)16-8-3-2-4-9-16/h2-6,8-11H,7,12-15H2,1H3. The molecule has 148 valence electrons. The van der Waals surface area contributed by atoms with Gasteiger partial charge in [-0.2, -0.15) is 4.99 Å². The van der Waals surface area contributed by atoms with Gasteiger partial charge in [0.15, 0.2) is 14.6 Å². The quantitative estimate of drug-likeness (QED) is 0.563. The maximum absolute atomic E-state index is 12.3. The number of ether oxygens (including phenoxy) is 1. The van der Waals surface area contributed by atoms with E-state index < -0.39 is 9.84 Å². The first-order valence-electron chi connectivity index (χ1n) is 8.94. The van der Waals surface area contributed by atoms with E-state index in [1.54, 1.807) is 37.4 Å². The lowest BCUT2D eigenvalue weighted by Crippen LogP contribution is -2.19. The molecule has 0 aliphatic rings. The molecule has 6 nitrogen and oxygen atoms in total. The third-order valence-corrected chi connectivity index (χ3v) is 7.11. The SMILES string of the molecule is COCCn1c(=NC(=O)CCCS(=O)(=O)c2ccccc2)sc2ccccc21. The second kappa shape index (κ2) is 9.27. The summed E-state index contributed by atoms with van der Waals surface area (Å²) in [6.45, 7) is 1.10. The van der Waals surface area contributed by atoms with Crippen molar-refractivity contribution in [3.8, 4) is 0 Å². The molecule has 2 aromatic carbocycles. The van der Waals surface area contributed by atoms with Gasteiger partial charge in [-0.1, -0.05) is 41.7 Å². The lowest BCUT2D eigenvalue weighted by Gasteiger charge is -2.04. The third kappa shape index (κ3) is 4.95. The Morgan fingerprint density at radius 2 is 1.82 bits per heavy atom. The van der Waals surface area contributed by atoms with Crippen LogP contribution in [-0.4, -0.2) is 38.4 Å². The molecule has 1 aromatic heterocycles. The Balaban J connectivity index is 1.72. The normalized spacial score (nSPS) is 12.5. The van der Waals surface area contributed by atoms with Gasteiger partial charge in [-0.05, 0) is 30.7 Å². The van der Waals surface area contributed by atoms with Crippen LogP contribution in [0.5, 0.6) is 0 Å². The first-order valence-corrected chi connectivity index (χ1v) is 11.4.